The van der Waals surface area contributed by atoms with Gasteiger partial charge in [-0.1, -0.05) is 63.3 Å². The molecule has 1 spiro atoms. The number of rotatable bonds is 10. The van der Waals surface area contributed by atoms with E-state index in [1.165, 1.54) is 11.6 Å². The first-order valence-electron chi connectivity index (χ1n) is 13.3. The average Bonchev–Trinajstić information content (AvgIpc) is 3.41. The van der Waals surface area contributed by atoms with E-state index in [4.69, 9.17) is 19.2 Å². The van der Waals surface area contributed by atoms with E-state index in [0.717, 1.165) is 43.7 Å². The van der Waals surface area contributed by atoms with Crippen LogP contribution in [0.1, 0.15) is 56.7 Å². The van der Waals surface area contributed by atoms with Crippen LogP contribution in [-0.2, 0) is 20.9 Å². The Bertz CT molecular complexity index is 983. The fraction of sp³-hybridized carbons (Fsp3) is 0.621. The van der Waals surface area contributed by atoms with E-state index in [1.807, 2.05) is 7.11 Å². The lowest BCUT2D eigenvalue weighted by atomic mass is 9.70. The number of ether oxygens (including phenoxy) is 3. The van der Waals surface area contributed by atoms with Gasteiger partial charge in [-0.05, 0) is 49.4 Å². The lowest BCUT2D eigenvalue weighted by molar-refractivity contribution is -0.199. The lowest BCUT2D eigenvalue weighted by Gasteiger charge is -2.49. The van der Waals surface area contributed by atoms with Crippen LogP contribution < -0.4 is 0 Å². The van der Waals surface area contributed by atoms with Crippen LogP contribution >= 0.6 is 0 Å². The Kier molecular flexibility index (Phi) is 8.36. The molecule has 3 heterocycles. The molecule has 0 unspecified atom stereocenters. The summed E-state index contributed by atoms with van der Waals surface area (Å²) in [4.78, 5) is 5.44. The topological polar surface area (TPSA) is 45.0 Å². The molecule has 4 rings (SSSR count). The van der Waals surface area contributed by atoms with E-state index in [-0.39, 0.29) is 18.1 Å². The van der Waals surface area contributed by atoms with Crippen molar-refractivity contribution in [2.45, 2.75) is 95.8 Å². The molecule has 1 saturated heterocycles. The molecule has 0 N–H and O–H groups in total. The maximum absolute atomic E-state index is 6.84. The van der Waals surface area contributed by atoms with Crippen LogP contribution in [0.2, 0.25) is 25.7 Å². The zero-order valence-corrected chi connectivity index (χ0v) is 23.5. The van der Waals surface area contributed by atoms with Crippen molar-refractivity contribution in [2.24, 2.45) is 10.9 Å². The minimum atomic E-state index is -1.11. The second-order valence-corrected chi connectivity index (χ2v) is 17.2. The number of aromatic nitrogens is 1. The van der Waals surface area contributed by atoms with Gasteiger partial charge in [-0.25, -0.2) is 4.99 Å². The van der Waals surface area contributed by atoms with Crippen LogP contribution in [0, 0.1) is 5.92 Å². The fourth-order valence-corrected chi connectivity index (χ4v) is 6.69. The third-order valence-corrected chi connectivity index (χ3v) is 9.25. The summed E-state index contributed by atoms with van der Waals surface area (Å²) in [6.45, 7) is 13.0. The maximum atomic E-state index is 6.84. The highest BCUT2D eigenvalue weighted by atomic mass is 28.3. The maximum Gasteiger partial charge on any atom is 0.192 e. The number of benzene rings is 1. The lowest BCUT2D eigenvalue weighted by Crippen LogP contribution is -2.54. The summed E-state index contributed by atoms with van der Waals surface area (Å²) in [6.07, 6.45) is 6.23. The second-order valence-electron chi connectivity index (χ2n) is 11.6. The summed E-state index contributed by atoms with van der Waals surface area (Å²) < 4.78 is 21.3. The van der Waals surface area contributed by atoms with Crippen LogP contribution in [0.15, 0.2) is 53.7 Å². The summed E-state index contributed by atoms with van der Waals surface area (Å²) in [5, 5.41) is 0. The zero-order valence-electron chi connectivity index (χ0n) is 22.5. The number of aliphatic imine (C=N–C) groups is 1. The molecule has 0 aliphatic carbocycles. The van der Waals surface area contributed by atoms with Crippen LogP contribution in [-0.4, -0.2) is 50.0 Å². The summed E-state index contributed by atoms with van der Waals surface area (Å²) in [6, 6.07) is 16.2. The molecule has 1 aromatic carbocycles. The first kappa shape index (κ1) is 26.3. The van der Waals surface area contributed by atoms with Gasteiger partial charge < -0.3 is 18.8 Å². The molecule has 6 heteroatoms. The molecule has 5 atom stereocenters. The van der Waals surface area contributed by atoms with Crippen molar-refractivity contribution in [1.82, 2.24) is 4.57 Å². The summed E-state index contributed by atoms with van der Waals surface area (Å²) in [5.74, 6) is 0.669. The van der Waals surface area contributed by atoms with Gasteiger partial charge in [-0.2, -0.15) is 0 Å². The van der Waals surface area contributed by atoms with Gasteiger partial charge in [0.1, 0.15) is 12.8 Å². The molecule has 0 bridgehead atoms. The van der Waals surface area contributed by atoms with Gasteiger partial charge in [0, 0.05) is 40.3 Å². The Balaban J connectivity index is 1.67. The van der Waals surface area contributed by atoms with Crippen molar-refractivity contribution in [1.29, 1.82) is 0 Å². The van der Waals surface area contributed by atoms with Crippen molar-refractivity contribution in [3.8, 4) is 0 Å². The molecule has 0 saturated carbocycles. The monoisotopic (exact) mass is 496 g/mol. The summed E-state index contributed by atoms with van der Waals surface area (Å²) >= 11 is 0. The Labute approximate surface area is 212 Å². The SMILES string of the molecule is CCC[C@H]1C[C@H](C)O[C@]2(N=C(c3cccn3COCC[Si](C)(C)C)C[C@@H]2OC)[C@@H]1c1ccccc1. The van der Waals surface area contributed by atoms with Crippen LogP contribution in [0.3, 0.4) is 0 Å². The molecule has 2 aliphatic heterocycles. The van der Waals surface area contributed by atoms with Crippen molar-refractivity contribution < 1.29 is 14.2 Å². The third-order valence-electron chi connectivity index (χ3n) is 7.55. The van der Waals surface area contributed by atoms with E-state index in [9.17, 15) is 0 Å². The van der Waals surface area contributed by atoms with Crippen LogP contribution in [0.25, 0.3) is 0 Å². The first-order valence-corrected chi connectivity index (χ1v) is 17.1. The first-order chi connectivity index (χ1) is 16.8. The molecule has 0 amide bonds. The van der Waals surface area contributed by atoms with Gasteiger partial charge in [0.2, 0.25) is 0 Å². The Morgan fingerprint density at radius 1 is 1.14 bits per heavy atom. The molecule has 1 aromatic heterocycles. The molecule has 0 radical (unpaired) electrons. The van der Waals surface area contributed by atoms with Crippen molar-refractivity contribution in [2.75, 3.05) is 13.7 Å². The second kappa shape index (κ2) is 11.1. The van der Waals surface area contributed by atoms with Gasteiger partial charge >= 0.3 is 0 Å². The summed E-state index contributed by atoms with van der Waals surface area (Å²) in [7, 11) is 0.698. The molecule has 192 valence electrons. The minimum Gasteiger partial charge on any atom is -0.376 e. The molecular formula is C29H44N2O3Si. The van der Waals surface area contributed by atoms with Crippen LogP contribution in [0.5, 0.6) is 0 Å². The molecular weight excluding hydrogens is 452 g/mol. The summed E-state index contributed by atoms with van der Waals surface area (Å²) in [5.41, 5.74) is 2.75. The van der Waals surface area contributed by atoms with E-state index < -0.39 is 13.8 Å². The Morgan fingerprint density at radius 2 is 1.91 bits per heavy atom. The van der Waals surface area contributed by atoms with E-state index in [1.54, 1.807) is 0 Å². The van der Waals surface area contributed by atoms with Crippen molar-refractivity contribution >= 4 is 13.8 Å². The minimum absolute atomic E-state index is 0.124. The molecule has 2 aromatic rings. The molecule has 5 nitrogen and oxygen atoms in total. The highest BCUT2D eigenvalue weighted by Gasteiger charge is 2.57. The van der Waals surface area contributed by atoms with Gasteiger partial charge in [-0.3, -0.25) is 0 Å². The fourth-order valence-electron chi connectivity index (χ4n) is 5.94. The predicted molar refractivity (Wildman–Crippen MR) is 146 cm³/mol. The van der Waals surface area contributed by atoms with Crippen molar-refractivity contribution in [3.05, 3.63) is 59.9 Å². The van der Waals surface area contributed by atoms with E-state index >= 15 is 0 Å². The number of hydrogen-bond donors (Lipinski definition) is 0. The third kappa shape index (κ3) is 5.82. The zero-order chi connectivity index (χ0) is 25.1. The smallest absolute Gasteiger partial charge is 0.192 e. The largest absolute Gasteiger partial charge is 0.376 e. The normalized spacial score (nSPS) is 29.0. The number of nitrogens with zero attached hydrogens (tertiary/aromatic N) is 2. The van der Waals surface area contributed by atoms with E-state index in [2.05, 4.69) is 86.7 Å². The van der Waals surface area contributed by atoms with Gasteiger partial charge in [-0.15, -0.1) is 0 Å². The highest BCUT2D eigenvalue weighted by molar-refractivity contribution is 6.76. The average molecular weight is 497 g/mol. The number of methoxy groups -OCH3 is 1. The number of hydrogen-bond acceptors (Lipinski definition) is 4. The quantitative estimate of drug-likeness (QED) is 0.271. The van der Waals surface area contributed by atoms with Gasteiger partial charge in [0.15, 0.2) is 5.72 Å². The molecule has 2 aliphatic rings. The molecule has 35 heavy (non-hydrogen) atoms. The van der Waals surface area contributed by atoms with Crippen molar-refractivity contribution in [3.63, 3.8) is 0 Å². The van der Waals surface area contributed by atoms with Gasteiger partial charge in [0.25, 0.3) is 0 Å². The highest BCUT2D eigenvalue weighted by Crippen LogP contribution is 2.53. The van der Waals surface area contributed by atoms with Crippen LogP contribution in [0.4, 0.5) is 0 Å². The standard InChI is InChI=1S/C29H44N2O3Si/c1-7-12-24-19-22(2)34-29(28(24)23-13-9-8-10-14-23)27(32-3)20-25(30-29)26-15-11-16-31(26)21-33-17-18-35(4,5)6/h8-11,13-16,22,24,27-28H,7,12,17-21H2,1-6H3/t22-,24-,27-,28+,29-/m0/s1. The van der Waals surface area contributed by atoms with E-state index in [0.29, 0.717) is 12.6 Å². The Morgan fingerprint density at radius 3 is 2.60 bits per heavy atom. The van der Waals surface area contributed by atoms with Gasteiger partial charge in [0.05, 0.1) is 17.5 Å². The predicted octanol–water partition coefficient (Wildman–Crippen LogP) is 6.71. The Hall–Kier alpha value is -1.73. The molecule has 1 fully saturated rings.